The molecule has 2 aromatic carbocycles. The van der Waals surface area contributed by atoms with E-state index in [1.807, 2.05) is 31.2 Å². The number of hydrogen-bond donors (Lipinski definition) is 2. The van der Waals surface area contributed by atoms with Crippen LogP contribution >= 0.6 is 22.6 Å². The third-order valence-corrected chi connectivity index (χ3v) is 4.17. The second-order valence-corrected chi connectivity index (χ2v) is 6.66. The molecule has 0 atom stereocenters. The van der Waals surface area contributed by atoms with Gasteiger partial charge >= 0.3 is 0 Å². The lowest BCUT2D eigenvalue weighted by molar-refractivity contribution is -0.112. The molecule has 1 amide bonds. The number of anilines is 1. The van der Waals surface area contributed by atoms with Gasteiger partial charge in [0.15, 0.2) is 0 Å². The lowest BCUT2D eigenvalue weighted by Gasteiger charge is -2.08. The zero-order valence-electron chi connectivity index (χ0n) is 13.6. The molecule has 0 spiro atoms. The van der Waals surface area contributed by atoms with E-state index in [9.17, 15) is 14.4 Å². The Morgan fingerprint density at radius 1 is 1.32 bits per heavy atom. The SMILES string of the molecule is Cc1cc(I)ccc1NC(=O)/C(C#N)=C\NCCc1cccc(F)c1. The van der Waals surface area contributed by atoms with Crippen LogP contribution in [0.25, 0.3) is 0 Å². The molecule has 0 unspecified atom stereocenters. The molecule has 0 aliphatic heterocycles. The first-order valence-corrected chi connectivity index (χ1v) is 8.73. The summed E-state index contributed by atoms with van der Waals surface area (Å²) in [6, 6.07) is 13.9. The van der Waals surface area contributed by atoms with Crippen LogP contribution in [0.5, 0.6) is 0 Å². The highest BCUT2D eigenvalue weighted by Crippen LogP contribution is 2.18. The Labute approximate surface area is 159 Å². The van der Waals surface area contributed by atoms with Crippen LogP contribution < -0.4 is 10.6 Å². The van der Waals surface area contributed by atoms with Gasteiger partial charge in [-0.2, -0.15) is 5.26 Å². The Bertz CT molecular complexity index is 843. The maximum Gasteiger partial charge on any atom is 0.267 e. The van der Waals surface area contributed by atoms with Crippen LogP contribution in [-0.4, -0.2) is 12.5 Å². The van der Waals surface area contributed by atoms with Gasteiger partial charge in [-0.1, -0.05) is 12.1 Å². The molecule has 0 fully saturated rings. The van der Waals surface area contributed by atoms with E-state index >= 15 is 0 Å². The average molecular weight is 449 g/mol. The summed E-state index contributed by atoms with van der Waals surface area (Å²) in [5.41, 5.74) is 2.43. The summed E-state index contributed by atoms with van der Waals surface area (Å²) in [4.78, 5) is 12.2. The van der Waals surface area contributed by atoms with Crippen molar-refractivity contribution in [3.05, 3.63) is 74.8 Å². The first-order valence-electron chi connectivity index (χ1n) is 7.65. The second kappa shape index (κ2) is 9.18. The van der Waals surface area contributed by atoms with Gasteiger partial charge in [0.2, 0.25) is 0 Å². The maximum atomic E-state index is 13.1. The summed E-state index contributed by atoms with van der Waals surface area (Å²) in [5.74, 6) is -0.747. The van der Waals surface area contributed by atoms with Gasteiger partial charge in [0, 0.05) is 22.0 Å². The predicted octanol–water partition coefficient (Wildman–Crippen LogP) is 3.92. The molecule has 0 aliphatic rings. The number of amides is 1. The van der Waals surface area contributed by atoms with E-state index in [0.29, 0.717) is 18.7 Å². The molecule has 0 aliphatic carbocycles. The van der Waals surface area contributed by atoms with Crippen molar-refractivity contribution in [2.75, 3.05) is 11.9 Å². The van der Waals surface area contributed by atoms with Gasteiger partial charge in [-0.15, -0.1) is 0 Å². The van der Waals surface area contributed by atoms with Gasteiger partial charge in [0.05, 0.1) is 0 Å². The summed E-state index contributed by atoms with van der Waals surface area (Å²) in [7, 11) is 0. The fourth-order valence-corrected chi connectivity index (χ4v) is 2.84. The first kappa shape index (κ1) is 18.9. The Balaban J connectivity index is 1.92. The minimum atomic E-state index is -0.468. The predicted molar refractivity (Wildman–Crippen MR) is 104 cm³/mol. The normalized spacial score (nSPS) is 10.9. The molecular formula is C19H17FIN3O. The van der Waals surface area contributed by atoms with Crippen LogP contribution in [0.3, 0.4) is 0 Å². The number of rotatable bonds is 6. The molecule has 128 valence electrons. The van der Waals surface area contributed by atoms with Crippen LogP contribution in [0.2, 0.25) is 0 Å². The fraction of sp³-hybridized carbons (Fsp3) is 0.158. The number of nitrogens with one attached hydrogen (secondary N) is 2. The van der Waals surface area contributed by atoms with Crippen molar-refractivity contribution in [1.82, 2.24) is 5.32 Å². The minimum Gasteiger partial charge on any atom is -0.389 e. The summed E-state index contributed by atoms with van der Waals surface area (Å²) in [6.07, 6.45) is 1.97. The van der Waals surface area contributed by atoms with E-state index in [-0.39, 0.29) is 11.4 Å². The molecule has 0 bridgehead atoms. The number of benzene rings is 2. The van der Waals surface area contributed by atoms with Crippen LogP contribution in [0.4, 0.5) is 10.1 Å². The number of halogens is 2. The van der Waals surface area contributed by atoms with Crippen molar-refractivity contribution in [1.29, 1.82) is 5.26 Å². The van der Waals surface area contributed by atoms with E-state index in [1.54, 1.807) is 12.1 Å². The van der Waals surface area contributed by atoms with Gasteiger partial charge in [-0.3, -0.25) is 4.79 Å². The van der Waals surface area contributed by atoms with E-state index in [4.69, 9.17) is 0 Å². The van der Waals surface area contributed by atoms with Crippen molar-refractivity contribution in [2.45, 2.75) is 13.3 Å². The summed E-state index contributed by atoms with van der Waals surface area (Å²) in [6.45, 7) is 2.38. The van der Waals surface area contributed by atoms with Crippen LogP contribution in [0.1, 0.15) is 11.1 Å². The standard InChI is InChI=1S/C19H17FIN3O/c1-13-9-17(21)5-6-18(13)24-19(25)15(11-22)12-23-8-7-14-3-2-4-16(20)10-14/h2-6,9-10,12,23H,7-8H2,1H3,(H,24,25)/b15-12-. The average Bonchev–Trinajstić information content (AvgIpc) is 2.57. The third kappa shape index (κ3) is 5.87. The smallest absolute Gasteiger partial charge is 0.267 e. The summed E-state index contributed by atoms with van der Waals surface area (Å²) in [5, 5.41) is 14.8. The Hall–Kier alpha value is -2.40. The van der Waals surface area contributed by atoms with Crippen LogP contribution in [0, 0.1) is 27.6 Å². The van der Waals surface area contributed by atoms with Gasteiger partial charge in [-0.25, -0.2) is 4.39 Å². The van der Waals surface area contributed by atoms with Gasteiger partial charge in [-0.05, 0) is 77.4 Å². The topological polar surface area (TPSA) is 64.9 Å². The molecule has 25 heavy (non-hydrogen) atoms. The van der Waals surface area contributed by atoms with E-state index < -0.39 is 5.91 Å². The molecule has 2 rings (SSSR count). The quantitative estimate of drug-likeness (QED) is 0.304. The van der Waals surface area contributed by atoms with Crippen molar-refractivity contribution in [3.8, 4) is 6.07 Å². The maximum absolute atomic E-state index is 13.1. The molecule has 6 heteroatoms. The molecule has 0 saturated heterocycles. The van der Waals surface area contributed by atoms with Crippen molar-refractivity contribution < 1.29 is 9.18 Å². The summed E-state index contributed by atoms with van der Waals surface area (Å²) >= 11 is 2.20. The lowest BCUT2D eigenvalue weighted by Crippen LogP contribution is -2.18. The number of hydrogen-bond acceptors (Lipinski definition) is 3. The van der Waals surface area contributed by atoms with Crippen molar-refractivity contribution in [2.24, 2.45) is 0 Å². The van der Waals surface area contributed by atoms with Crippen molar-refractivity contribution in [3.63, 3.8) is 0 Å². The van der Waals surface area contributed by atoms with Gasteiger partial charge in [0.1, 0.15) is 17.5 Å². The zero-order valence-corrected chi connectivity index (χ0v) is 15.8. The largest absolute Gasteiger partial charge is 0.389 e. The monoisotopic (exact) mass is 449 g/mol. The number of carbonyl (C=O) groups excluding carboxylic acids is 1. The molecule has 2 N–H and O–H groups in total. The Morgan fingerprint density at radius 2 is 2.12 bits per heavy atom. The number of aryl methyl sites for hydroxylation is 1. The molecule has 0 saturated carbocycles. The van der Waals surface area contributed by atoms with Crippen LogP contribution in [0.15, 0.2) is 54.2 Å². The minimum absolute atomic E-state index is 0.0165. The van der Waals surface area contributed by atoms with E-state index in [2.05, 4.69) is 33.2 Å². The highest BCUT2D eigenvalue weighted by Gasteiger charge is 2.10. The molecule has 0 aromatic heterocycles. The molecule has 0 heterocycles. The highest BCUT2D eigenvalue weighted by atomic mass is 127. The number of nitriles is 1. The van der Waals surface area contributed by atoms with Gasteiger partial charge < -0.3 is 10.6 Å². The Morgan fingerprint density at radius 3 is 2.80 bits per heavy atom. The van der Waals surface area contributed by atoms with Crippen molar-refractivity contribution >= 4 is 34.2 Å². The van der Waals surface area contributed by atoms with E-state index in [0.717, 1.165) is 14.7 Å². The first-order chi connectivity index (χ1) is 12.0. The van der Waals surface area contributed by atoms with Crippen LogP contribution in [-0.2, 0) is 11.2 Å². The summed E-state index contributed by atoms with van der Waals surface area (Å²) < 4.78 is 14.2. The molecule has 2 aromatic rings. The number of nitrogens with zero attached hydrogens (tertiary/aromatic N) is 1. The molecule has 4 nitrogen and oxygen atoms in total. The number of carbonyl (C=O) groups is 1. The fourth-order valence-electron chi connectivity index (χ4n) is 2.19. The second-order valence-electron chi connectivity index (χ2n) is 5.42. The van der Waals surface area contributed by atoms with Gasteiger partial charge in [0.25, 0.3) is 5.91 Å². The zero-order chi connectivity index (χ0) is 18.2. The molecule has 0 radical (unpaired) electrons. The van der Waals surface area contributed by atoms with E-state index in [1.165, 1.54) is 18.3 Å². The molecular weight excluding hydrogens is 432 g/mol. The highest BCUT2D eigenvalue weighted by molar-refractivity contribution is 14.1. The lowest BCUT2D eigenvalue weighted by atomic mass is 10.1. The Kier molecular flexibility index (Phi) is 6.95. The third-order valence-electron chi connectivity index (χ3n) is 3.50.